The van der Waals surface area contributed by atoms with E-state index in [0.717, 1.165) is 10.6 Å². The highest BCUT2D eigenvalue weighted by molar-refractivity contribution is 8.00. The Kier molecular flexibility index (Phi) is 5.19. The van der Waals surface area contributed by atoms with Gasteiger partial charge in [-0.25, -0.2) is 0 Å². The van der Waals surface area contributed by atoms with Crippen molar-refractivity contribution in [3.8, 4) is 5.75 Å². The number of carbonyl (C=O) groups is 1. The molecule has 3 nitrogen and oxygen atoms in total. The molecule has 0 aliphatic rings. The van der Waals surface area contributed by atoms with Crippen molar-refractivity contribution in [2.24, 2.45) is 0 Å². The normalized spacial score (nSPS) is 10.2. The van der Waals surface area contributed by atoms with Crippen LogP contribution in [0.2, 0.25) is 0 Å². The van der Waals surface area contributed by atoms with Gasteiger partial charge in [-0.05, 0) is 38.1 Å². The van der Waals surface area contributed by atoms with Crippen molar-refractivity contribution in [1.82, 2.24) is 0 Å². The van der Waals surface area contributed by atoms with Crippen LogP contribution in [0.3, 0.4) is 0 Å². The van der Waals surface area contributed by atoms with Crippen LogP contribution in [0.25, 0.3) is 0 Å². The Morgan fingerprint density at radius 3 is 2.44 bits per heavy atom. The zero-order valence-corrected chi connectivity index (χ0v) is 10.5. The first kappa shape index (κ1) is 12.9. The van der Waals surface area contributed by atoms with Gasteiger partial charge >= 0.3 is 5.97 Å². The number of benzene rings is 1. The summed E-state index contributed by atoms with van der Waals surface area (Å²) in [6.07, 6.45) is 0.175. The lowest BCUT2D eigenvalue weighted by atomic mass is 10.3. The molecule has 0 bridgehead atoms. The monoisotopic (exact) mass is 240 g/mol. The van der Waals surface area contributed by atoms with E-state index in [4.69, 9.17) is 4.74 Å². The van der Waals surface area contributed by atoms with Crippen molar-refractivity contribution in [2.45, 2.75) is 24.8 Å². The van der Waals surface area contributed by atoms with Crippen molar-refractivity contribution in [2.75, 3.05) is 12.9 Å². The molecule has 0 fully saturated rings. The first-order valence-corrected chi connectivity index (χ1v) is 6.06. The zero-order valence-electron chi connectivity index (χ0n) is 9.73. The molecule has 1 aromatic rings. The maximum atomic E-state index is 10.9. The molecule has 1 rings (SSSR count). The summed E-state index contributed by atoms with van der Waals surface area (Å²) in [5.74, 6) is 0.964. The molecule has 0 unspecified atom stereocenters. The number of esters is 1. The van der Waals surface area contributed by atoms with Gasteiger partial charge in [0.2, 0.25) is 0 Å². The first-order valence-electron chi connectivity index (χ1n) is 5.08. The maximum absolute atomic E-state index is 10.9. The molecule has 0 aliphatic carbocycles. The number of carbonyl (C=O) groups excluding carboxylic acids is 1. The van der Waals surface area contributed by atoms with Crippen LogP contribution in [0.15, 0.2) is 29.2 Å². The van der Waals surface area contributed by atoms with Crippen LogP contribution in [0.5, 0.6) is 5.75 Å². The number of hydrogen-bond donors (Lipinski definition) is 0. The second kappa shape index (κ2) is 6.43. The minimum atomic E-state index is -0.215. The zero-order chi connectivity index (χ0) is 12.0. The van der Waals surface area contributed by atoms with Gasteiger partial charge in [0.1, 0.15) is 5.75 Å². The Balaban J connectivity index is 2.48. The van der Waals surface area contributed by atoms with Crippen molar-refractivity contribution >= 4 is 17.7 Å². The molecule has 0 spiro atoms. The largest absolute Gasteiger partial charge is 0.491 e. The fourth-order valence-corrected chi connectivity index (χ4v) is 1.82. The van der Waals surface area contributed by atoms with Crippen molar-refractivity contribution in [1.29, 1.82) is 0 Å². The summed E-state index contributed by atoms with van der Waals surface area (Å²) in [6, 6.07) is 7.68. The van der Waals surface area contributed by atoms with Crippen molar-refractivity contribution in [3.63, 3.8) is 0 Å². The van der Waals surface area contributed by atoms with E-state index in [1.807, 2.05) is 38.1 Å². The molecule has 4 heteroatoms. The summed E-state index contributed by atoms with van der Waals surface area (Å²) < 4.78 is 10.1. The smallest absolute Gasteiger partial charge is 0.315 e. The minimum absolute atomic E-state index is 0.175. The summed E-state index contributed by atoms with van der Waals surface area (Å²) in [5, 5.41) is 0. The lowest BCUT2D eigenvalue weighted by Gasteiger charge is -2.09. The van der Waals surface area contributed by atoms with Crippen LogP contribution in [-0.2, 0) is 9.53 Å². The highest BCUT2D eigenvalue weighted by Crippen LogP contribution is 2.21. The Bertz CT molecular complexity index is 333. The van der Waals surface area contributed by atoms with Crippen molar-refractivity contribution < 1.29 is 14.3 Å². The fourth-order valence-electron chi connectivity index (χ4n) is 1.09. The van der Waals surface area contributed by atoms with E-state index >= 15 is 0 Å². The number of hydrogen-bond acceptors (Lipinski definition) is 4. The lowest BCUT2D eigenvalue weighted by molar-refractivity contribution is -0.137. The van der Waals surface area contributed by atoms with Crippen LogP contribution in [0, 0.1) is 0 Å². The maximum Gasteiger partial charge on any atom is 0.315 e. The lowest BCUT2D eigenvalue weighted by Crippen LogP contribution is -2.05. The van der Waals surface area contributed by atoms with Gasteiger partial charge in [0.25, 0.3) is 0 Å². The molecular weight excluding hydrogens is 224 g/mol. The molecule has 88 valence electrons. The van der Waals surface area contributed by atoms with Gasteiger partial charge in [-0.3, -0.25) is 4.79 Å². The fraction of sp³-hybridized carbons (Fsp3) is 0.417. The average Bonchev–Trinajstić information content (AvgIpc) is 2.27. The summed E-state index contributed by atoms with van der Waals surface area (Å²) in [4.78, 5) is 12.0. The molecule has 1 aromatic carbocycles. The predicted octanol–water partition coefficient (Wildman–Crippen LogP) is 2.74. The third-order valence-electron chi connectivity index (χ3n) is 1.78. The van der Waals surface area contributed by atoms with Gasteiger partial charge < -0.3 is 9.47 Å². The standard InChI is InChI=1S/C12H16O3S/c1-9(2)15-10-4-6-11(7-5-10)16-8-12(13)14-3/h4-7,9H,8H2,1-3H3. The number of ether oxygens (including phenoxy) is 2. The summed E-state index contributed by atoms with van der Waals surface area (Å²) >= 11 is 1.45. The second-order valence-corrected chi connectivity index (χ2v) is 4.55. The highest BCUT2D eigenvalue weighted by Gasteiger charge is 2.02. The van der Waals surface area contributed by atoms with Crippen LogP contribution in [-0.4, -0.2) is 24.9 Å². The van der Waals surface area contributed by atoms with E-state index in [0.29, 0.717) is 5.75 Å². The van der Waals surface area contributed by atoms with Gasteiger partial charge in [-0.15, -0.1) is 11.8 Å². The highest BCUT2D eigenvalue weighted by atomic mass is 32.2. The molecule has 0 aliphatic heterocycles. The van der Waals surface area contributed by atoms with E-state index in [1.54, 1.807) is 0 Å². The molecule has 0 aromatic heterocycles. The number of thioether (sulfide) groups is 1. The first-order chi connectivity index (χ1) is 7.61. The average molecular weight is 240 g/mol. The van der Waals surface area contributed by atoms with Crippen LogP contribution >= 0.6 is 11.8 Å². The SMILES string of the molecule is COC(=O)CSc1ccc(OC(C)C)cc1. The molecule has 0 atom stereocenters. The molecule has 0 amide bonds. The van der Waals surface area contributed by atoms with Gasteiger partial charge in [0.15, 0.2) is 0 Å². The van der Waals surface area contributed by atoms with Crippen LogP contribution in [0.1, 0.15) is 13.8 Å². The molecule has 0 radical (unpaired) electrons. The molecule has 0 heterocycles. The van der Waals surface area contributed by atoms with Gasteiger partial charge in [-0.1, -0.05) is 0 Å². The minimum Gasteiger partial charge on any atom is -0.491 e. The van der Waals surface area contributed by atoms with Crippen LogP contribution < -0.4 is 4.74 Å². The van der Waals surface area contributed by atoms with E-state index < -0.39 is 0 Å². The van der Waals surface area contributed by atoms with Gasteiger partial charge in [-0.2, -0.15) is 0 Å². The third kappa shape index (κ3) is 4.57. The van der Waals surface area contributed by atoms with Crippen molar-refractivity contribution in [3.05, 3.63) is 24.3 Å². The molecular formula is C12H16O3S. The predicted molar refractivity (Wildman–Crippen MR) is 64.9 cm³/mol. The topological polar surface area (TPSA) is 35.5 Å². The summed E-state index contributed by atoms with van der Waals surface area (Å²) in [6.45, 7) is 3.97. The summed E-state index contributed by atoms with van der Waals surface area (Å²) in [7, 11) is 1.39. The molecule has 0 saturated carbocycles. The molecule has 0 saturated heterocycles. The van der Waals surface area contributed by atoms with E-state index in [-0.39, 0.29) is 12.1 Å². The van der Waals surface area contributed by atoms with E-state index in [1.165, 1.54) is 18.9 Å². The Hall–Kier alpha value is -1.16. The van der Waals surface area contributed by atoms with Crippen LogP contribution in [0.4, 0.5) is 0 Å². The van der Waals surface area contributed by atoms with Gasteiger partial charge in [0.05, 0.1) is 19.0 Å². The van der Waals surface area contributed by atoms with E-state index in [2.05, 4.69) is 4.74 Å². The Morgan fingerprint density at radius 1 is 1.31 bits per heavy atom. The number of rotatable bonds is 5. The Labute approximate surface area is 100 Å². The Morgan fingerprint density at radius 2 is 1.94 bits per heavy atom. The second-order valence-electron chi connectivity index (χ2n) is 3.50. The molecule has 16 heavy (non-hydrogen) atoms. The van der Waals surface area contributed by atoms with Gasteiger partial charge in [0, 0.05) is 4.90 Å². The van der Waals surface area contributed by atoms with E-state index in [9.17, 15) is 4.79 Å². The quantitative estimate of drug-likeness (QED) is 0.585. The molecule has 0 N–H and O–H groups in total. The summed E-state index contributed by atoms with van der Waals surface area (Å²) in [5.41, 5.74) is 0. The third-order valence-corrected chi connectivity index (χ3v) is 2.77. The number of methoxy groups -OCH3 is 1.